The fraction of sp³-hybridized carbons (Fsp3) is 0. The Bertz CT molecular complexity index is 482. The van der Waals surface area contributed by atoms with Crippen LogP contribution in [0.15, 0.2) is 36.5 Å². The molecular weight excluding hydrogens is 178 g/mol. The number of nitrogens with one attached hydrogen (secondary N) is 1. The van der Waals surface area contributed by atoms with Crippen molar-refractivity contribution in [2.24, 2.45) is 5.73 Å². The van der Waals surface area contributed by atoms with E-state index in [2.05, 4.69) is 10.3 Å². The molecule has 0 aliphatic heterocycles. The molecule has 14 heavy (non-hydrogen) atoms. The fourth-order valence-electron chi connectivity index (χ4n) is 1.28. The molecule has 0 spiro atoms. The molecule has 2 aromatic rings. The van der Waals surface area contributed by atoms with Crippen molar-refractivity contribution < 1.29 is 4.79 Å². The van der Waals surface area contributed by atoms with Crippen LogP contribution >= 0.6 is 0 Å². The number of fused-ring (bicyclic) bond motifs is 1. The van der Waals surface area contributed by atoms with Crippen molar-refractivity contribution in [2.45, 2.75) is 0 Å². The maximum atomic E-state index is 10.6. The molecule has 1 aromatic carbocycles. The zero-order valence-corrected chi connectivity index (χ0v) is 7.40. The second-order valence-electron chi connectivity index (χ2n) is 2.91. The van der Waals surface area contributed by atoms with E-state index in [1.54, 1.807) is 6.20 Å². The van der Waals surface area contributed by atoms with Gasteiger partial charge in [-0.25, -0.2) is 4.79 Å². The van der Waals surface area contributed by atoms with Gasteiger partial charge in [0.2, 0.25) is 0 Å². The summed E-state index contributed by atoms with van der Waals surface area (Å²) in [6, 6.07) is 8.90. The average Bonchev–Trinajstić information content (AvgIpc) is 2.17. The first kappa shape index (κ1) is 8.50. The number of aromatic nitrogens is 1. The van der Waals surface area contributed by atoms with E-state index in [4.69, 9.17) is 5.73 Å². The summed E-state index contributed by atoms with van der Waals surface area (Å²) >= 11 is 0. The summed E-state index contributed by atoms with van der Waals surface area (Å²) in [7, 11) is 0. The number of rotatable bonds is 1. The van der Waals surface area contributed by atoms with Gasteiger partial charge >= 0.3 is 6.03 Å². The van der Waals surface area contributed by atoms with Crippen LogP contribution < -0.4 is 11.1 Å². The van der Waals surface area contributed by atoms with Crippen molar-refractivity contribution in [1.82, 2.24) is 4.98 Å². The van der Waals surface area contributed by atoms with Gasteiger partial charge in [0.25, 0.3) is 0 Å². The quantitative estimate of drug-likeness (QED) is 0.713. The van der Waals surface area contributed by atoms with E-state index in [1.165, 1.54) is 0 Å². The number of nitrogens with zero attached hydrogens (tertiary/aromatic N) is 1. The van der Waals surface area contributed by atoms with Gasteiger partial charge in [0.05, 0.1) is 17.4 Å². The van der Waals surface area contributed by atoms with Crippen molar-refractivity contribution in [3.8, 4) is 0 Å². The van der Waals surface area contributed by atoms with Crippen LogP contribution in [-0.2, 0) is 0 Å². The summed E-state index contributed by atoms with van der Waals surface area (Å²) in [5, 5.41) is 3.44. The second kappa shape index (κ2) is 3.33. The number of anilines is 1. The van der Waals surface area contributed by atoms with E-state index in [0.717, 1.165) is 10.9 Å². The molecule has 4 nitrogen and oxygen atoms in total. The Morgan fingerprint density at radius 2 is 2.14 bits per heavy atom. The largest absolute Gasteiger partial charge is 0.351 e. The van der Waals surface area contributed by atoms with Gasteiger partial charge in [-0.3, -0.25) is 4.98 Å². The zero-order valence-electron chi connectivity index (χ0n) is 7.40. The Balaban J connectivity index is 2.46. The van der Waals surface area contributed by atoms with E-state index in [-0.39, 0.29) is 0 Å². The van der Waals surface area contributed by atoms with E-state index in [1.807, 2.05) is 30.3 Å². The van der Waals surface area contributed by atoms with Crippen molar-refractivity contribution in [3.63, 3.8) is 0 Å². The molecule has 0 unspecified atom stereocenters. The van der Waals surface area contributed by atoms with Crippen molar-refractivity contribution in [3.05, 3.63) is 36.5 Å². The molecule has 2 amide bonds. The van der Waals surface area contributed by atoms with Gasteiger partial charge in [0.15, 0.2) is 0 Å². The predicted molar refractivity (Wildman–Crippen MR) is 54.9 cm³/mol. The van der Waals surface area contributed by atoms with Crippen molar-refractivity contribution in [1.29, 1.82) is 0 Å². The third-order valence-electron chi connectivity index (χ3n) is 1.86. The lowest BCUT2D eigenvalue weighted by Crippen LogP contribution is -2.19. The summed E-state index contributed by atoms with van der Waals surface area (Å²) < 4.78 is 0. The van der Waals surface area contributed by atoms with Gasteiger partial charge < -0.3 is 11.1 Å². The minimum Gasteiger partial charge on any atom is -0.351 e. The molecule has 1 aromatic heterocycles. The number of urea groups is 1. The highest BCUT2D eigenvalue weighted by Crippen LogP contribution is 2.15. The lowest BCUT2D eigenvalue weighted by Gasteiger charge is -2.02. The molecule has 2 rings (SSSR count). The number of primary amides is 1. The number of para-hydroxylation sites is 1. The van der Waals surface area contributed by atoms with Gasteiger partial charge in [-0.2, -0.15) is 0 Å². The van der Waals surface area contributed by atoms with Crippen LogP contribution in [0.2, 0.25) is 0 Å². The summed E-state index contributed by atoms with van der Waals surface area (Å²) in [6.45, 7) is 0. The maximum absolute atomic E-state index is 10.6. The molecule has 3 N–H and O–H groups in total. The monoisotopic (exact) mass is 187 g/mol. The van der Waals surface area contributed by atoms with E-state index in [9.17, 15) is 4.79 Å². The number of hydrogen-bond donors (Lipinski definition) is 2. The van der Waals surface area contributed by atoms with Crippen LogP contribution in [0.25, 0.3) is 10.9 Å². The van der Waals surface area contributed by atoms with Gasteiger partial charge in [-0.1, -0.05) is 18.2 Å². The van der Waals surface area contributed by atoms with Crippen LogP contribution in [0.1, 0.15) is 0 Å². The molecule has 70 valence electrons. The van der Waals surface area contributed by atoms with Crippen LogP contribution in [0.3, 0.4) is 0 Å². The highest BCUT2D eigenvalue weighted by atomic mass is 16.2. The summed E-state index contributed by atoms with van der Waals surface area (Å²) in [5.41, 5.74) is 6.49. The smallest absolute Gasteiger partial charge is 0.316 e. The lowest BCUT2D eigenvalue weighted by molar-refractivity contribution is 0.259. The topological polar surface area (TPSA) is 68.0 Å². The number of nitrogens with two attached hydrogens (primary N) is 1. The molecule has 0 bridgehead atoms. The van der Waals surface area contributed by atoms with Gasteiger partial charge in [-0.05, 0) is 12.1 Å². The van der Waals surface area contributed by atoms with Gasteiger partial charge in [0.1, 0.15) is 0 Å². The number of pyridine rings is 1. The summed E-state index contributed by atoms with van der Waals surface area (Å²) in [6.07, 6.45) is 1.58. The normalized spacial score (nSPS) is 10.0. The highest BCUT2D eigenvalue weighted by molar-refractivity contribution is 5.90. The molecule has 0 saturated heterocycles. The first-order valence-corrected chi connectivity index (χ1v) is 4.17. The molecular formula is C10H9N3O. The van der Waals surface area contributed by atoms with Crippen molar-refractivity contribution >= 4 is 22.6 Å². The van der Waals surface area contributed by atoms with E-state index in [0.29, 0.717) is 5.69 Å². The first-order valence-electron chi connectivity index (χ1n) is 4.17. The minimum atomic E-state index is -0.581. The second-order valence-corrected chi connectivity index (χ2v) is 2.91. The average molecular weight is 187 g/mol. The Morgan fingerprint density at radius 3 is 2.93 bits per heavy atom. The predicted octanol–water partition coefficient (Wildman–Crippen LogP) is 1.73. The fourth-order valence-corrected chi connectivity index (χ4v) is 1.28. The van der Waals surface area contributed by atoms with Crippen LogP contribution in [0.4, 0.5) is 10.5 Å². The molecule has 0 saturated carbocycles. The molecule has 0 atom stereocenters. The molecule has 1 heterocycles. The molecule has 0 radical (unpaired) electrons. The molecule has 0 fully saturated rings. The lowest BCUT2D eigenvalue weighted by atomic mass is 10.2. The maximum Gasteiger partial charge on any atom is 0.316 e. The number of carbonyl (C=O) groups excluding carboxylic acids is 1. The molecule has 0 aliphatic rings. The Labute approximate surface area is 80.7 Å². The first-order chi connectivity index (χ1) is 6.75. The minimum absolute atomic E-state index is 0.581. The van der Waals surface area contributed by atoms with E-state index >= 15 is 0 Å². The Hall–Kier alpha value is -2.10. The van der Waals surface area contributed by atoms with Gasteiger partial charge in [0, 0.05) is 5.39 Å². The number of carbonyl (C=O) groups is 1. The van der Waals surface area contributed by atoms with Crippen LogP contribution in [0, 0.1) is 0 Å². The van der Waals surface area contributed by atoms with Gasteiger partial charge in [-0.15, -0.1) is 0 Å². The number of amides is 2. The third kappa shape index (κ3) is 1.64. The standard InChI is InChI=1S/C10H9N3O/c11-10(14)13-8-5-7-3-1-2-4-9(7)12-6-8/h1-6H,(H3,11,13,14). The van der Waals surface area contributed by atoms with E-state index < -0.39 is 6.03 Å². The summed E-state index contributed by atoms with van der Waals surface area (Å²) in [4.78, 5) is 14.8. The highest BCUT2D eigenvalue weighted by Gasteiger charge is 1.98. The molecule has 4 heteroatoms. The zero-order chi connectivity index (χ0) is 9.97. The van der Waals surface area contributed by atoms with Crippen LogP contribution in [0.5, 0.6) is 0 Å². The number of benzene rings is 1. The Morgan fingerprint density at radius 1 is 1.36 bits per heavy atom. The number of hydrogen-bond acceptors (Lipinski definition) is 2. The Kier molecular flexibility index (Phi) is 2.02. The van der Waals surface area contributed by atoms with Crippen LogP contribution in [-0.4, -0.2) is 11.0 Å². The van der Waals surface area contributed by atoms with Crippen molar-refractivity contribution in [2.75, 3.05) is 5.32 Å². The molecule has 0 aliphatic carbocycles. The summed E-state index contributed by atoms with van der Waals surface area (Å²) in [5.74, 6) is 0. The third-order valence-corrected chi connectivity index (χ3v) is 1.86. The SMILES string of the molecule is NC(=O)Nc1cnc2ccccc2c1.